The van der Waals surface area contributed by atoms with E-state index in [4.69, 9.17) is 29.3 Å². The number of carbonyl (C=O) groups is 2. The number of esters is 2. The third-order valence-electron chi connectivity index (χ3n) is 4.98. The van der Waals surface area contributed by atoms with Crippen molar-refractivity contribution in [3.8, 4) is 0 Å². The van der Waals surface area contributed by atoms with Gasteiger partial charge in [0.25, 0.3) is 0 Å². The maximum absolute atomic E-state index is 12.0. The van der Waals surface area contributed by atoms with Crippen molar-refractivity contribution in [1.29, 1.82) is 0 Å². The normalized spacial score (nSPS) is 14.2. The molecule has 0 radical (unpaired) electrons. The van der Waals surface area contributed by atoms with Crippen molar-refractivity contribution in [2.45, 2.75) is 48.0 Å². The average Bonchev–Trinajstić information content (AvgIpc) is 2.67. The fourth-order valence-electron chi connectivity index (χ4n) is 2.84. The quantitative estimate of drug-likeness (QED) is 0.171. The van der Waals surface area contributed by atoms with E-state index in [9.17, 15) is 9.59 Å². The van der Waals surface area contributed by atoms with Gasteiger partial charge in [0.1, 0.15) is 0 Å². The highest BCUT2D eigenvalue weighted by atomic mass is 32.2. The Balaban J connectivity index is 4.08. The van der Waals surface area contributed by atoms with Crippen LogP contribution in [0.4, 0.5) is 0 Å². The molecule has 184 valence electrons. The molecule has 0 fully saturated rings. The van der Waals surface area contributed by atoms with Crippen molar-refractivity contribution >= 4 is 36.0 Å². The summed E-state index contributed by atoms with van der Waals surface area (Å²) >= 11 is 2.75. The lowest BCUT2D eigenvalue weighted by Crippen LogP contribution is -2.40. The van der Waals surface area contributed by atoms with E-state index in [0.717, 1.165) is 17.9 Å². The van der Waals surface area contributed by atoms with Crippen LogP contribution >= 0.6 is 24.1 Å². The van der Waals surface area contributed by atoms with Crippen molar-refractivity contribution in [1.82, 2.24) is 0 Å². The van der Waals surface area contributed by atoms with E-state index in [1.54, 1.807) is 13.8 Å². The van der Waals surface area contributed by atoms with E-state index in [2.05, 4.69) is 0 Å². The molecule has 2 atom stereocenters. The summed E-state index contributed by atoms with van der Waals surface area (Å²) in [5, 5.41) is 0. The summed E-state index contributed by atoms with van der Waals surface area (Å²) < 4.78 is 21.6. The van der Waals surface area contributed by atoms with Gasteiger partial charge in [-0.25, -0.2) is 0 Å². The summed E-state index contributed by atoms with van der Waals surface area (Å²) in [5.41, 5.74) is 10.7. The van der Waals surface area contributed by atoms with Crippen molar-refractivity contribution in [2.24, 2.45) is 34.1 Å². The molecule has 8 nitrogen and oxygen atoms in total. The van der Waals surface area contributed by atoms with Gasteiger partial charge in [0.05, 0.1) is 38.3 Å². The molecule has 0 aromatic rings. The minimum absolute atomic E-state index is 0.228. The fourth-order valence-corrected chi connectivity index (χ4v) is 4.55. The van der Waals surface area contributed by atoms with E-state index in [1.165, 1.54) is 24.1 Å². The van der Waals surface area contributed by atoms with Crippen LogP contribution in [0.1, 0.15) is 48.0 Å². The Morgan fingerprint density at radius 2 is 1.13 bits per heavy atom. The number of hydrogen-bond donors (Lipinski definition) is 2. The molecule has 0 spiro atoms. The summed E-state index contributed by atoms with van der Waals surface area (Å²) in [6.07, 6.45) is 0.895. The van der Waals surface area contributed by atoms with Crippen molar-refractivity contribution < 1.29 is 27.4 Å². The van der Waals surface area contributed by atoms with E-state index in [1.807, 2.05) is 27.7 Å². The lowest BCUT2D eigenvalue weighted by atomic mass is 9.79. The van der Waals surface area contributed by atoms with Gasteiger partial charge in [-0.15, -0.1) is 0 Å². The van der Waals surface area contributed by atoms with Gasteiger partial charge < -0.3 is 29.3 Å². The lowest BCUT2D eigenvalue weighted by Gasteiger charge is -2.31. The van der Waals surface area contributed by atoms with Crippen LogP contribution in [0.2, 0.25) is 0 Å². The molecule has 0 bridgehead atoms. The zero-order valence-electron chi connectivity index (χ0n) is 19.9. The molecule has 0 aromatic carbocycles. The minimum atomic E-state index is -0.407. The van der Waals surface area contributed by atoms with Gasteiger partial charge in [-0.2, -0.15) is 0 Å². The van der Waals surface area contributed by atoms with Gasteiger partial charge in [0, 0.05) is 35.4 Å². The van der Waals surface area contributed by atoms with Gasteiger partial charge in [0.15, 0.2) is 0 Å². The Morgan fingerprint density at radius 3 is 1.42 bits per heavy atom. The lowest BCUT2D eigenvalue weighted by molar-refractivity contribution is -0.153. The molecule has 4 N–H and O–H groups in total. The van der Waals surface area contributed by atoms with Gasteiger partial charge in [-0.05, 0) is 44.4 Å². The predicted octanol–water partition coefficient (Wildman–Crippen LogP) is 3.03. The van der Waals surface area contributed by atoms with E-state index in [0.29, 0.717) is 26.4 Å². The van der Waals surface area contributed by atoms with Gasteiger partial charge >= 0.3 is 11.9 Å². The highest BCUT2D eigenvalue weighted by Gasteiger charge is 2.36. The Hall–Kier alpha value is -0.520. The van der Waals surface area contributed by atoms with Crippen LogP contribution in [-0.2, 0) is 27.4 Å². The first-order valence-electron chi connectivity index (χ1n) is 10.8. The highest BCUT2D eigenvalue weighted by Crippen LogP contribution is 2.31. The maximum Gasteiger partial charge on any atom is 0.310 e. The zero-order chi connectivity index (χ0) is 23.9. The first-order valence-corrected chi connectivity index (χ1v) is 12.6. The summed E-state index contributed by atoms with van der Waals surface area (Å²) in [5.74, 6) is 0.257. The molecule has 0 aliphatic carbocycles. The van der Waals surface area contributed by atoms with Crippen LogP contribution in [0, 0.1) is 22.7 Å². The summed E-state index contributed by atoms with van der Waals surface area (Å²) in [7, 11) is 0. The number of hydrogen-bond acceptors (Lipinski definition) is 10. The molecule has 1 unspecified atom stereocenters. The van der Waals surface area contributed by atoms with Crippen LogP contribution in [0.5, 0.6) is 0 Å². The number of rotatable bonds is 18. The highest BCUT2D eigenvalue weighted by molar-refractivity contribution is 7.95. The minimum Gasteiger partial charge on any atom is -0.466 e. The van der Waals surface area contributed by atoms with Crippen LogP contribution < -0.4 is 11.5 Å². The number of carbonyl (C=O) groups excluding carboxylic acids is 2. The molecular formula is C21H42N2O6S2. The van der Waals surface area contributed by atoms with Gasteiger partial charge in [-0.3, -0.25) is 9.59 Å². The molecule has 10 heteroatoms. The van der Waals surface area contributed by atoms with Crippen LogP contribution in [-0.4, -0.2) is 63.0 Å². The Bertz CT molecular complexity index is 476. The number of nitrogens with two attached hydrogens (primary N) is 2. The van der Waals surface area contributed by atoms with Crippen molar-refractivity contribution in [3.05, 3.63) is 0 Å². The van der Waals surface area contributed by atoms with E-state index >= 15 is 0 Å². The molecule has 0 amide bonds. The molecule has 0 rings (SSSR count). The Morgan fingerprint density at radius 1 is 0.774 bits per heavy atom. The molecule has 0 aromatic heterocycles. The second-order valence-corrected chi connectivity index (χ2v) is 10.3. The molecular weight excluding hydrogens is 440 g/mol. The first-order chi connectivity index (χ1) is 14.6. The molecule has 0 aliphatic heterocycles. The zero-order valence-corrected chi connectivity index (χ0v) is 21.6. The topological polar surface area (TPSA) is 123 Å². The number of ether oxygens (including phenoxy) is 2. The van der Waals surface area contributed by atoms with Crippen LogP contribution in [0.25, 0.3) is 0 Å². The monoisotopic (exact) mass is 482 g/mol. The van der Waals surface area contributed by atoms with E-state index in [-0.39, 0.29) is 25.0 Å². The maximum atomic E-state index is 12.0. The fraction of sp³-hybridized carbons (Fsp3) is 0.905. The first kappa shape index (κ1) is 30.5. The van der Waals surface area contributed by atoms with Crippen LogP contribution in [0.3, 0.4) is 0 Å². The Kier molecular flexibility index (Phi) is 15.9. The van der Waals surface area contributed by atoms with Gasteiger partial charge in [-0.1, -0.05) is 27.7 Å². The third kappa shape index (κ3) is 11.8. The third-order valence-corrected chi connectivity index (χ3v) is 6.46. The standard InChI is InChI=1S/C21H42N2O6S2/c1-7-26-18(24)16(12-22)20(3,4)14-28-30-10-9-11-31-29-15-21(5,6)17(13-23)19(25)27-8-2/h16-17H,7-15,22-23H2,1-6H3/t16-,17?/m0/s1. The van der Waals surface area contributed by atoms with Crippen LogP contribution in [0.15, 0.2) is 0 Å². The van der Waals surface area contributed by atoms with Gasteiger partial charge in [0.2, 0.25) is 0 Å². The second-order valence-electron chi connectivity index (χ2n) is 8.58. The summed E-state index contributed by atoms with van der Waals surface area (Å²) in [6, 6.07) is 0. The predicted molar refractivity (Wildman–Crippen MR) is 127 cm³/mol. The van der Waals surface area contributed by atoms with Crippen molar-refractivity contribution in [2.75, 3.05) is 51.0 Å². The summed E-state index contributed by atoms with van der Waals surface area (Å²) in [6.45, 7) is 13.3. The molecule has 31 heavy (non-hydrogen) atoms. The molecule has 0 heterocycles. The molecule has 0 saturated carbocycles. The van der Waals surface area contributed by atoms with Crippen molar-refractivity contribution in [3.63, 3.8) is 0 Å². The largest absolute Gasteiger partial charge is 0.466 e. The molecule has 0 saturated heterocycles. The molecule has 0 aliphatic rings. The smallest absolute Gasteiger partial charge is 0.310 e. The van der Waals surface area contributed by atoms with E-state index < -0.39 is 22.7 Å². The summed E-state index contributed by atoms with van der Waals surface area (Å²) in [4.78, 5) is 24.1. The second kappa shape index (κ2) is 16.1. The Labute approximate surface area is 196 Å². The average molecular weight is 483 g/mol. The SMILES string of the molecule is CCOC(=O)C(CN)C(C)(C)COSCCCSOCC(C)(C)[C@@H](CN)C(=O)OCC.